The molecule has 0 radical (unpaired) electrons. The topological polar surface area (TPSA) is 89.3 Å². The van der Waals surface area contributed by atoms with E-state index in [2.05, 4.69) is 5.32 Å². The maximum absolute atomic E-state index is 11.9. The monoisotopic (exact) mass is 290 g/mol. The molecule has 112 valence electrons. The van der Waals surface area contributed by atoms with Crippen molar-refractivity contribution in [2.24, 2.45) is 11.1 Å². The second-order valence-electron chi connectivity index (χ2n) is 5.53. The highest BCUT2D eigenvalue weighted by atomic mass is 32.2. The van der Waals surface area contributed by atoms with Crippen LogP contribution < -0.4 is 11.1 Å². The van der Waals surface area contributed by atoms with E-state index in [-0.39, 0.29) is 29.4 Å². The average molecular weight is 290 g/mol. The lowest BCUT2D eigenvalue weighted by molar-refractivity contribution is -0.123. The van der Waals surface area contributed by atoms with Crippen molar-refractivity contribution >= 4 is 15.7 Å². The third-order valence-corrected chi connectivity index (χ3v) is 5.76. The van der Waals surface area contributed by atoms with E-state index in [0.717, 1.165) is 25.7 Å². The fourth-order valence-electron chi connectivity index (χ4n) is 2.65. The van der Waals surface area contributed by atoms with Crippen LogP contribution in [0.3, 0.4) is 0 Å². The molecule has 1 aliphatic carbocycles. The molecule has 0 bridgehead atoms. The summed E-state index contributed by atoms with van der Waals surface area (Å²) >= 11 is 0. The second-order valence-corrected chi connectivity index (χ2v) is 8.00. The van der Waals surface area contributed by atoms with Gasteiger partial charge in [-0.2, -0.15) is 0 Å². The molecule has 1 aliphatic rings. The molecule has 3 N–H and O–H groups in total. The summed E-state index contributed by atoms with van der Waals surface area (Å²) in [4.78, 5) is 11.9. The molecule has 0 aromatic carbocycles. The summed E-state index contributed by atoms with van der Waals surface area (Å²) in [5, 5.41) is 2.71. The molecule has 1 saturated carbocycles. The summed E-state index contributed by atoms with van der Waals surface area (Å²) in [7, 11) is -3.01. The van der Waals surface area contributed by atoms with Crippen molar-refractivity contribution in [3.05, 3.63) is 0 Å². The molecule has 1 fully saturated rings. The summed E-state index contributed by atoms with van der Waals surface area (Å²) in [6.07, 6.45) is 5.92. The van der Waals surface area contributed by atoms with E-state index in [1.54, 1.807) is 6.92 Å². The van der Waals surface area contributed by atoms with Crippen LogP contribution in [-0.2, 0) is 14.6 Å². The first-order valence-electron chi connectivity index (χ1n) is 7.10. The molecular weight excluding hydrogens is 264 g/mol. The van der Waals surface area contributed by atoms with E-state index in [4.69, 9.17) is 5.73 Å². The second kappa shape index (κ2) is 7.24. The number of carbonyl (C=O) groups is 1. The van der Waals surface area contributed by atoms with Crippen molar-refractivity contribution in [1.82, 2.24) is 5.32 Å². The van der Waals surface area contributed by atoms with E-state index < -0.39 is 9.84 Å². The quantitative estimate of drug-likeness (QED) is 0.727. The van der Waals surface area contributed by atoms with Crippen molar-refractivity contribution in [3.63, 3.8) is 0 Å². The lowest BCUT2D eigenvalue weighted by Gasteiger charge is -2.35. The van der Waals surface area contributed by atoms with Crippen molar-refractivity contribution in [1.29, 1.82) is 0 Å². The number of carbonyl (C=O) groups excluding carboxylic acids is 1. The van der Waals surface area contributed by atoms with Crippen molar-refractivity contribution < 1.29 is 13.2 Å². The molecule has 0 unspecified atom stereocenters. The van der Waals surface area contributed by atoms with E-state index >= 15 is 0 Å². The Bertz CT molecular complexity index is 387. The Labute approximate surface area is 116 Å². The fourth-order valence-corrected chi connectivity index (χ4v) is 3.35. The van der Waals surface area contributed by atoms with Crippen molar-refractivity contribution in [3.8, 4) is 0 Å². The molecule has 0 heterocycles. The third kappa shape index (κ3) is 5.48. The molecule has 0 spiro atoms. The number of nitrogens with two attached hydrogens (primary N) is 1. The van der Waals surface area contributed by atoms with Gasteiger partial charge in [0.25, 0.3) is 0 Å². The molecule has 0 aromatic rings. The SMILES string of the molecule is CCS(=O)(=O)CCNC(=O)CC1(CN)CCCCC1. The van der Waals surface area contributed by atoms with Gasteiger partial charge in [-0.15, -0.1) is 0 Å². The van der Waals surface area contributed by atoms with Crippen LogP contribution in [0, 0.1) is 5.41 Å². The Morgan fingerprint density at radius 2 is 1.89 bits per heavy atom. The van der Waals surface area contributed by atoms with Gasteiger partial charge >= 0.3 is 0 Å². The van der Waals surface area contributed by atoms with Crippen LogP contribution in [0.1, 0.15) is 45.4 Å². The number of hydrogen-bond acceptors (Lipinski definition) is 4. The number of hydrogen-bond donors (Lipinski definition) is 2. The van der Waals surface area contributed by atoms with Crippen LogP contribution in [0.5, 0.6) is 0 Å². The summed E-state index contributed by atoms with van der Waals surface area (Å²) < 4.78 is 22.6. The van der Waals surface area contributed by atoms with Gasteiger partial charge in [-0.3, -0.25) is 4.79 Å². The molecule has 1 rings (SSSR count). The molecule has 0 aliphatic heterocycles. The standard InChI is InChI=1S/C13H26N2O3S/c1-2-19(17,18)9-8-15-12(16)10-13(11-14)6-4-3-5-7-13/h2-11,14H2,1H3,(H,15,16). The lowest BCUT2D eigenvalue weighted by Crippen LogP contribution is -2.39. The van der Waals surface area contributed by atoms with E-state index in [0.29, 0.717) is 13.0 Å². The zero-order valence-corrected chi connectivity index (χ0v) is 12.6. The largest absolute Gasteiger partial charge is 0.355 e. The number of rotatable bonds is 7. The first-order chi connectivity index (χ1) is 8.93. The summed E-state index contributed by atoms with van der Waals surface area (Å²) in [5.74, 6) is 0.0687. The van der Waals surface area contributed by atoms with Crippen molar-refractivity contribution in [2.45, 2.75) is 45.4 Å². The van der Waals surface area contributed by atoms with Gasteiger partial charge in [0.1, 0.15) is 0 Å². The zero-order valence-electron chi connectivity index (χ0n) is 11.8. The minimum Gasteiger partial charge on any atom is -0.355 e. The van der Waals surface area contributed by atoms with Gasteiger partial charge in [0.15, 0.2) is 9.84 Å². The maximum atomic E-state index is 11.9. The van der Waals surface area contributed by atoms with Gasteiger partial charge < -0.3 is 11.1 Å². The molecule has 0 aromatic heterocycles. The smallest absolute Gasteiger partial charge is 0.220 e. The minimum atomic E-state index is -3.01. The highest BCUT2D eigenvalue weighted by Gasteiger charge is 2.32. The Morgan fingerprint density at radius 3 is 2.42 bits per heavy atom. The normalized spacial score (nSPS) is 19.1. The molecule has 0 saturated heterocycles. The van der Waals surface area contributed by atoms with E-state index in [1.165, 1.54) is 6.42 Å². The number of nitrogens with one attached hydrogen (secondary N) is 1. The predicted octanol–water partition coefficient (Wildman–Crippen LogP) is 0.837. The van der Waals surface area contributed by atoms with Crippen molar-refractivity contribution in [2.75, 3.05) is 24.6 Å². The van der Waals surface area contributed by atoms with Crippen LogP contribution >= 0.6 is 0 Å². The third-order valence-electron chi connectivity index (χ3n) is 4.06. The van der Waals surface area contributed by atoms with Crippen LogP contribution in [0.2, 0.25) is 0 Å². The Hall–Kier alpha value is -0.620. The Balaban J connectivity index is 2.37. The molecule has 6 heteroatoms. The van der Waals surface area contributed by atoms with Crippen LogP contribution in [0.15, 0.2) is 0 Å². The first kappa shape index (κ1) is 16.4. The van der Waals surface area contributed by atoms with Crippen LogP contribution in [0.4, 0.5) is 0 Å². The fraction of sp³-hybridized carbons (Fsp3) is 0.923. The molecule has 5 nitrogen and oxygen atoms in total. The van der Waals surface area contributed by atoms with Gasteiger partial charge in [-0.05, 0) is 24.8 Å². The van der Waals surface area contributed by atoms with Crippen LogP contribution in [0.25, 0.3) is 0 Å². The zero-order chi connectivity index (χ0) is 14.4. The van der Waals surface area contributed by atoms with E-state index in [9.17, 15) is 13.2 Å². The predicted molar refractivity (Wildman–Crippen MR) is 76.5 cm³/mol. The van der Waals surface area contributed by atoms with Gasteiger partial charge in [0, 0.05) is 18.7 Å². The Morgan fingerprint density at radius 1 is 1.26 bits per heavy atom. The van der Waals surface area contributed by atoms with Gasteiger partial charge in [0.2, 0.25) is 5.91 Å². The molecule has 19 heavy (non-hydrogen) atoms. The minimum absolute atomic E-state index is 0.0187. The average Bonchev–Trinajstić information content (AvgIpc) is 2.39. The van der Waals surface area contributed by atoms with Gasteiger partial charge in [0.05, 0.1) is 5.75 Å². The highest BCUT2D eigenvalue weighted by Crippen LogP contribution is 2.38. The number of sulfone groups is 1. The van der Waals surface area contributed by atoms with Gasteiger partial charge in [-0.1, -0.05) is 26.2 Å². The van der Waals surface area contributed by atoms with E-state index in [1.807, 2.05) is 0 Å². The maximum Gasteiger partial charge on any atom is 0.220 e. The Kier molecular flexibility index (Phi) is 6.26. The van der Waals surface area contributed by atoms with Crippen LogP contribution in [-0.4, -0.2) is 38.9 Å². The van der Waals surface area contributed by atoms with Gasteiger partial charge in [-0.25, -0.2) is 8.42 Å². The molecule has 0 atom stereocenters. The number of amides is 1. The summed E-state index contributed by atoms with van der Waals surface area (Å²) in [6, 6.07) is 0. The lowest BCUT2D eigenvalue weighted by atomic mass is 9.72. The summed E-state index contributed by atoms with van der Waals surface area (Å²) in [5.41, 5.74) is 5.77. The molecule has 1 amide bonds. The summed E-state index contributed by atoms with van der Waals surface area (Å²) in [6.45, 7) is 2.35. The first-order valence-corrected chi connectivity index (χ1v) is 8.92. The molecular formula is C13H26N2O3S. The highest BCUT2D eigenvalue weighted by molar-refractivity contribution is 7.91.